The molecule has 0 aromatic heterocycles. The van der Waals surface area contributed by atoms with Gasteiger partial charge in [0, 0.05) is 20.0 Å². The molecule has 134 valence electrons. The maximum Gasteiger partial charge on any atom is 0.416 e. The van der Waals surface area contributed by atoms with Crippen LogP contribution in [0.25, 0.3) is 0 Å². The van der Waals surface area contributed by atoms with Gasteiger partial charge in [-0.25, -0.2) is 0 Å². The Morgan fingerprint density at radius 2 is 1.75 bits per heavy atom. The first-order valence-electron chi connectivity index (χ1n) is 8.49. The fourth-order valence-corrected chi connectivity index (χ4v) is 2.99. The van der Waals surface area contributed by atoms with E-state index in [0.717, 1.165) is 38.2 Å². The van der Waals surface area contributed by atoms with Gasteiger partial charge in [-0.2, -0.15) is 13.2 Å². The topological polar surface area (TPSA) is 23.6 Å². The minimum absolute atomic E-state index is 0.0342. The summed E-state index contributed by atoms with van der Waals surface area (Å²) in [5.74, 6) is 0.0342. The third-order valence-electron chi connectivity index (χ3n) is 4.44. The molecule has 24 heavy (non-hydrogen) atoms. The first-order valence-corrected chi connectivity index (χ1v) is 8.49. The van der Waals surface area contributed by atoms with Gasteiger partial charge in [0.05, 0.1) is 5.56 Å². The number of amides is 1. The second-order valence-electron chi connectivity index (χ2n) is 6.45. The lowest BCUT2D eigenvalue weighted by molar-refractivity contribution is -0.137. The quantitative estimate of drug-likeness (QED) is 0.782. The lowest BCUT2D eigenvalue weighted by Gasteiger charge is -2.26. The predicted octanol–water partition coefficient (Wildman–Crippen LogP) is 3.93. The summed E-state index contributed by atoms with van der Waals surface area (Å²) in [6.45, 7) is 3.52. The van der Waals surface area contributed by atoms with E-state index in [9.17, 15) is 18.0 Å². The molecule has 1 amide bonds. The molecule has 1 saturated heterocycles. The van der Waals surface area contributed by atoms with Crippen LogP contribution in [0.4, 0.5) is 13.2 Å². The second kappa shape index (κ2) is 8.51. The molecule has 2 rings (SSSR count). The molecule has 3 nitrogen and oxygen atoms in total. The maximum absolute atomic E-state index is 12.5. The highest BCUT2D eigenvalue weighted by Gasteiger charge is 2.29. The van der Waals surface area contributed by atoms with Gasteiger partial charge in [-0.05, 0) is 56.6 Å². The van der Waals surface area contributed by atoms with Crippen molar-refractivity contribution in [2.24, 2.45) is 0 Å². The highest BCUT2D eigenvalue weighted by Crippen LogP contribution is 2.29. The first-order chi connectivity index (χ1) is 11.4. The number of carbonyl (C=O) groups is 1. The number of rotatable bonds is 6. The number of likely N-dealkylation sites (tertiary alicyclic amines) is 1. The largest absolute Gasteiger partial charge is 0.416 e. The van der Waals surface area contributed by atoms with Crippen LogP contribution >= 0.6 is 0 Å². The molecule has 1 aromatic rings. The Hall–Kier alpha value is -1.56. The second-order valence-corrected chi connectivity index (χ2v) is 6.45. The average Bonchev–Trinajstić information content (AvgIpc) is 2.55. The molecule has 1 fully saturated rings. The fraction of sp³-hybridized carbons (Fsp3) is 0.611. The van der Waals surface area contributed by atoms with E-state index in [1.807, 2.05) is 0 Å². The third kappa shape index (κ3) is 5.82. The molecule has 0 atom stereocenters. The van der Waals surface area contributed by atoms with Gasteiger partial charge in [0.15, 0.2) is 0 Å². The van der Waals surface area contributed by atoms with Crippen LogP contribution in [0, 0.1) is 0 Å². The van der Waals surface area contributed by atoms with Gasteiger partial charge < -0.3 is 9.80 Å². The Labute approximate surface area is 141 Å². The number of nitrogens with zero attached hydrogens (tertiary/aromatic N) is 2. The van der Waals surface area contributed by atoms with Crippen molar-refractivity contribution < 1.29 is 18.0 Å². The lowest BCUT2D eigenvalue weighted by atomic mass is 10.1. The molecule has 1 heterocycles. The van der Waals surface area contributed by atoms with Crippen molar-refractivity contribution in [1.29, 1.82) is 0 Å². The van der Waals surface area contributed by atoms with Gasteiger partial charge in [0.2, 0.25) is 5.91 Å². The molecule has 0 unspecified atom stereocenters. The summed E-state index contributed by atoms with van der Waals surface area (Å²) in [6.07, 6.45) is 0.757. The molecular weight excluding hydrogens is 317 g/mol. The van der Waals surface area contributed by atoms with Gasteiger partial charge in [0.25, 0.3) is 0 Å². The monoisotopic (exact) mass is 342 g/mol. The van der Waals surface area contributed by atoms with Crippen LogP contribution in [0.5, 0.6) is 0 Å². The van der Waals surface area contributed by atoms with Crippen LogP contribution in [0.2, 0.25) is 0 Å². The zero-order valence-corrected chi connectivity index (χ0v) is 14.1. The van der Waals surface area contributed by atoms with Crippen LogP contribution in [0.15, 0.2) is 24.3 Å². The van der Waals surface area contributed by atoms with E-state index in [1.54, 1.807) is 11.9 Å². The van der Waals surface area contributed by atoms with E-state index in [4.69, 9.17) is 0 Å². The van der Waals surface area contributed by atoms with Crippen LogP contribution in [-0.2, 0) is 17.5 Å². The highest BCUT2D eigenvalue weighted by molar-refractivity contribution is 5.75. The molecule has 1 aliphatic heterocycles. The number of alkyl halides is 3. The van der Waals surface area contributed by atoms with E-state index in [1.165, 1.54) is 31.4 Å². The first kappa shape index (κ1) is 18.8. The van der Waals surface area contributed by atoms with Crippen molar-refractivity contribution in [3.05, 3.63) is 35.4 Å². The van der Waals surface area contributed by atoms with E-state index >= 15 is 0 Å². The summed E-state index contributed by atoms with van der Waals surface area (Å²) >= 11 is 0. The van der Waals surface area contributed by atoms with Crippen molar-refractivity contribution in [1.82, 2.24) is 9.80 Å². The Morgan fingerprint density at radius 3 is 2.33 bits per heavy atom. The van der Waals surface area contributed by atoms with Crippen molar-refractivity contribution in [2.45, 2.75) is 44.8 Å². The van der Waals surface area contributed by atoms with Crippen molar-refractivity contribution in [3.8, 4) is 0 Å². The average molecular weight is 342 g/mol. The molecule has 0 radical (unpaired) electrons. The number of hydrogen-bond acceptors (Lipinski definition) is 2. The predicted molar refractivity (Wildman–Crippen MR) is 87.4 cm³/mol. The molecule has 0 saturated carbocycles. The molecule has 0 spiro atoms. The van der Waals surface area contributed by atoms with E-state index in [-0.39, 0.29) is 5.91 Å². The number of hydrogen-bond donors (Lipinski definition) is 0. The van der Waals surface area contributed by atoms with Crippen LogP contribution < -0.4 is 0 Å². The molecule has 1 aromatic carbocycles. The summed E-state index contributed by atoms with van der Waals surface area (Å²) in [5.41, 5.74) is 0.0386. The molecule has 0 N–H and O–H groups in total. The van der Waals surface area contributed by atoms with Gasteiger partial charge in [-0.1, -0.05) is 18.6 Å². The maximum atomic E-state index is 12.5. The zero-order valence-electron chi connectivity index (χ0n) is 14.1. The molecule has 0 aliphatic carbocycles. The summed E-state index contributed by atoms with van der Waals surface area (Å²) in [6, 6.07) is 4.98. The number of carbonyl (C=O) groups excluding carboxylic acids is 1. The SMILES string of the molecule is CN(Cc1ccc(C(F)(F)F)cc1)C(=O)CCCN1CCCCC1. The summed E-state index contributed by atoms with van der Waals surface area (Å²) in [7, 11) is 1.70. The van der Waals surface area contributed by atoms with Crippen molar-refractivity contribution in [3.63, 3.8) is 0 Å². The molecule has 0 bridgehead atoms. The van der Waals surface area contributed by atoms with Gasteiger partial charge >= 0.3 is 6.18 Å². The van der Waals surface area contributed by atoms with Gasteiger partial charge in [0.1, 0.15) is 0 Å². The zero-order chi connectivity index (χ0) is 17.6. The Bertz CT molecular complexity index is 522. The molecular formula is C18H25F3N2O. The summed E-state index contributed by atoms with van der Waals surface area (Å²) < 4.78 is 37.6. The minimum atomic E-state index is -4.32. The normalized spacial score (nSPS) is 16.2. The fourth-order valence-electron chi connectivity index (χ4n) is 2.99. The number of piperidine rings is 1. The summed E-state index contributed by atoms with van der Waals surface area (Å²) in [4.78, 5) is 16.1. The Kier molecular flexibility index (Phi) is 6.66. The smallest absolute Gasteiger partial charge is 0.341 e. The van der Waals surface area contributed by atoms with Crippen LogP contribution in [-0.4, -0.2) is 42.4 Å². The standard InChI is InChI=1S/C18H25F3N2O/c1-22(14-15-7-9-16(10-8-15)18(19,20)21)17(24)6-5-13-23-11-3-2-4-12-23/h7-10H,2-6,11-14H2,1H3. The Morgan fingerprint density at radius 1 is 1.12 bits per heavy atom. The van der Waals surface area contributed by atoms with Crippen LogP contribution in [0.1, 0.15) is 43.2 Å². The minimum Gasteiger partial charge on any atom is -0.341 e. The Balaban J connectivity index is 1.74. The van der Waals surface area contributed by atoms with Gasteiger partial charge in [-0.3, -0.25) is 4.79 Å². The van der Waals surface area contributed by atoms with Crippen molar-refractivity contribution >= 4 is 5.91 Å². The highest BCUT2D eigenvalue weighted by atomic mass is 19.4. The van der Waals surface area contributed by atoms with E-state index in [2.05, 4.69) is 4.90 Å². The van der Waals surface area contributed by atoms with E-state index < -0.39 is 11.7 Å². The van der Waals surface area contributed by atoms with Crippen molar-refractivity contribution in [2.75, 3.05) is 26.7 Å². The lowest BCUT2D eigenvalue weighted by Crippen LogP contribution is -2.32. The molecule has 6 heteroatoms. The van der Waals surface area contributed by atoms with Gasteiger partial charge in [-0.15, -0.1) is 0 Å². The third-order valence-corrected chi connectivity index (χ3v) is 4.44. The van der Waals surface area contributed by atoms with Crippen LogP contribution in [0.3, 0.4) is 0 Å². The number of halogens is 3. The molecule has 1 aliphatic rings. The number of benzene rings is 1. The van der Waals surface area contributed by atoms with E-state index in [0.29, 0.717) is 18.5 Å². The summed E-state index contributed by atoms with van der Waals surface area (Å²) in [5, 5.41) is 0.